The smallest absolute Gasteiger partial charge is 0.153 e. The molecule has 0 aliphatic carbocycles. The highest BCUT2D eigenvalue weighted by Gasteiger charge is 2.11. The Hall–Kier alpha value is -1.20. The third-order valence-electron chi connectivity index (χ3n) is 2.57. The summed E-state index contributed by atoms with van der Waals surface area (Å²) in [7, 11) is 0. The Labute approximate surface area is 103 Å². The number of halogens is 1. The maximum atomic E-state index is 5.69. The van der Waals surface area contributed by atoms with E-state index in [1.165, 1.54) is 0 Å². The van der Waals surface area contributed by atoms with Crippen LogP contribution in [-0.4, -0.2) is 14.8 Å². The van der Waals surface area contributed by atoms with Gasteiger partial charge in [0.1, 0.15) is 0 Å². The van der Waals surface area contributed by atoms with E-state index in [4.69, 9.17) is 5.73 Å². The zero-order chi connectivity index (χ0) is 11.7. The summed E-state index contributed by atoms with van der Waals surface area (Å²) in [6.45, 7) is 4.48. The first-order valence-corrected chi connectivity index (χ1v) is 5.80. The Bertz CT molecular complexity index is 501. The zero-order valence-corrected chi connectivity index (χ0v) is 10.8. The molecule has 0 atom stereocenters. The number of nitrogens with two attached hydrogens (primary N) is 1. The minimum atomic E-state index is 0.508. The van der Waals surface area contributed by atoms with Gasteiger partial charge in [-0.1, -0.05) is 0 Å². The minimum absolute atomic E-state index is 0.508. The SMILES string of the molecule is Cc1nn(-c2ccc(Br)cn2)c(C)c1CN. The highest BCUT2D eigenvalue weighted by Crippen LogP contribution is 2.17. The average molecular weight is 281 g/mol. The van der Waals surface area contributed by atoms with Crippen molar-refractivity contribution in [2.24, 2.45) is 5.73 Å². The summed E-state index contributed by atoms with van der Waals surface area (Å²) in [6, 6.07) is 3.87. The maximum Gasteiger partial charge on any atom is 0.153 e. The topological polar surface area (TPSA) is 56.7 Å². The van der Waals surface area contributed by atoms with E-state index in [2.05, 4.69) is 26.0 Å². The van der Waals surface area contributed by atoms with E-state index in [1.54, 1.807) is 6.20 Å². The fourth-order valence-corrected chi connectivity index (χ4v) is 1.92. The molecule has 0 aliphatic rings. The first-order valence-electron chi connectivity index (χ1n) is 5.00. The molecule has 0 saturated carbocycles. The van der Waals surface area contributed by atoms with Crippen LogP contribution >= 0.6 is 15.9 Å². The molecule has 0 spiro atoms. The second-order valence-corrected chi connectivity index (χ2v) is 4.52. The van der Waals surface area contributed by atoms with Crippen molar-refractivity contribution in [3.8, 4) is 5.82 Å². The van der Waals surface area contributed by atoms with Crippen molar-refractivity contribution in [2.45, 2.75) is 20.4 Å². The van der Waals surface area contributed by atoms with Crippen molar-refractivity contribution in [3.05, 3.63) is 39.8 Å². The molecule has 2 rings (SSSR count). The quantitative estimate of drug-likeness (QED) is 0.917. The molecule has 16 heavy (non-hydrogen) atoms. The molecule has 0 radical (unpaired) electrons. The van der Waals surface area contributed by atoms with Gasteiger partial charge in [-0.25, -0.2) is 9.67 Å². The van der Waals surface area contributed by atoms with Crippen LogP contribution in [0.3, 0.4) is 0 Å². The largest absolute Gasteiger partial charge is 0.326 e. The Kier molecular flexibility index (Phi) is 3.07. The van der Waals surface area contributed by atoms with Gasteiger partial charge >= 0.3 is 0 Å². The summed E-state index contributed by atoms with van der Waals surface area (Å²) in [4.78, 5) is 4.31. The highest BCUT2D eigenvalue weighted by molar-refractivity contribution is 9.10. The molecule has 2 N–H and O–H groups in total. The van der Waals surface area contributed by atoms with E-state index in [0.29, 0.717) is 6.54 Å². The standard InChI is InChI=1S/C11H13BrN4/c1-7-10(5-13)8(2)16(15-7)11-4-3-9(12)6-14-11/h3-4,6H,5,13H2,1-2H3. The maximum absolute atomic E-state index is 5.69. The first-order chi connectivity index (χ1) is 7.63. The third kappa shape index (κ3) is 1.88. The normalized spacial score (nSPS) is 10.8. The molecule has 4 nitrogen and oxygen atoms in total. The number of hydrogen-bond donors (Lipinski definition) is 1. The van der Waals surface area contributed by atoms with E-state index >= 15 is 0 Å². The molecule has 0 amide bonds. The van der Waals surface area contributed by atoms with Gasteiger partial charge < -0.3 is 5.73 Å². The van der Waals surface area contributed by atoms with E-state index in [9.17, 15) is 0 Å². The van der Waals surface area contributed by atoms with Crippen LogP contribution in [0.1, 0.15) is 17.0 Å². The predicted molar refractivity (Wildman–Crippen MR) is 66.4 cm³/mol. The van der Waals surface area contributed by atoms with Crippen LogP contribution in [0.4, 0.5) is 0 Å². The minimum Gasteiger partial charge on any atom is -0.326 e. The van der Waals surface area contributed by atoms with E-state index < -0.39 is 0 Å². The number of nitrogens with zero attached hydrogens (tertiary/aromatic N) is 3. The van der Waals surface area contributed by atoms with Gasteiger partial charge in [0.2, 0.25) is 0 Å². The molecular formula is C11H13BrN4. The van der Waals surface area contributed by atoms with Crippen LogP contribution in [0, 0.1) is 13.8 Å². The fourth-order valence-electron chi connectivity index (χ4n) is 1.69. The van der Waals surface area contributed by atoms with Crippen LogP contribution in [0.2, 0.25) is 0 Å². The highest BCUT2D eigenvalue weighted by atomic mass is 79.9. The van der Waals surface area contributed by atoms with Crippen molar-refractivity contribution in [1.82, 2.24) is 14.8 Å². The van der Waals surface area contributed by atoms with E-state index in [0.717, 1.165) is 27.2 Å². The van der Waals surface area contributed by atoms with Gasteiger partial charge in [0.15, 0.2) is 5.82 Å². The van der Waals surface area contributed by atoms with Gasteiger partial charge in [0.05, 0.1) is 5.69 Å². The lowest BCUT2D eigenvalue weighted by Gasteiger charge is -2.03. The van der Waals surface area contributed by atoms with E-state index in [1.807, 2.05) is 30.7 Å². The van der Waals surface area contributed by atoms with Gasteiger partial charge in [-0.05, 0) is 41.9 Å². The second kappa shape index (κ2) is 4.35. The molecule has 0 bridgehead atoms. The van der Waals surface area contributed by atoms with E-state index in [-0.39, 0.29) is 0 Å². The lowest BCUT2D eigenvalue weighted by molar-refractivity contribution is 0.804. The molecule has 84 valence electrons. The number of hydrogen-bond acceptors (Lipinski definition) is 3. The summed E-state index contributed by atoms with van der Waals surface area (Å²) in [5, 5.41) is 4.44. The van der Waals surface area contributed by atoms with Crippen molar-refractivity contribution in [3.63, 3.8) is 0 Å². The first kappa shape index (κ1) is 11.3. The molecule has 2 heterocycles. The fraction of sp³-hybridized carbons (Fsp3) is 0.273. The Morgan fingerprint density at radius 2 is 2.12 bits per heavy atom. The molecular weight excluding hydrogens is 268 g/mol. The van der Waals surface area contributed by atoms with Gasteiger partial charge in [-0.15, -0.1) is 0 Å². The molecule has 2 aromatic rings. The summed E-state index contributed by atoms with van der Waals surface area (Å²) in [5.41, 5.74) is 8.79. The second-order valence-electron chi connectivity index (χ2n) is 3.60. The molecule has 2 aromatic heterocycles. The van der Waals surface area contributed by atoms with Crippen LogP contribution in [-0.2, 0) is 6.54 Å². The average Bonchev–Trinajstić information content (AvgIpc) is 2.55. The summed E-state index contributed by atoms with van der Waals surface area (Å²) in [5.74, 6) is 0.809. The predicted octanol–water partition coefficient (Wildman–Crippen LogP) is 2.11. The zero-order valence-electron chi connectivity index (χ0n) is 9.24. The monoisotopic (exact) mass is 280 g/mol. The molecule has 0 unspecified atom stereocenters. The molecule has 0 aliphatic heterocycles. The summed E-state index contributed by atoms with van der Waals surface area (Å²) >= 11 is 3.36. The molecule has 0 fully saturated rings. The third-order valence-corrected chi connectivity index (χ3v) is 3.04. The molecule has 0 aromatic carbocycles. The number of aryl methyl sites for hydroxylation is 1. The summed E-state index contributed by atoms with van der Waals surface area (Å²) in [6.07, 6.45) is 1.76. The lowest BCUT2D eigenvalue weighted by Crippen LogP contribution is -2.03. The van der Waals surface area contributed by atoms with Gasteiger partial charge in [-0.3, -0.25) is 0 Å². The number of aromatic nitrogens is 3. The van der Waals surface area contributed by atoms with Gasteiger partial charge in [0, 0.05) is 28.5 Å². The Morgan fingerprint density at radius 1 is 1.38 bits per heavy atom. The van der Waals surface area contributed by atoms with Gasteiger partial charge in [0.25, 0.3) is 0 Å². The molecule has 5 heteroatoms. The number of rotatable bonds is 2. The van der Waals surface area contributed by atoms with Crippen LogP contribution in [0.5, 0.6) is 0 Å². The van der Waals surface area contributed by atoms with Gasteiger partial charge in [-0.2, -0.15) is 5.10 Å². The number of pyridine rings is 1. The Morgan fingerprint density at radius 3 is 2.62 bits per heavy atom. The Balaban J connectivity index is 2.52. The lowest BCUT2D eigenvalue weighted by atomic mass is 10.2. The van der Waals surface area contributed by atoms with Crippen molar-refractivity contribution < 1.29 is 0 Å². The summed E-state index contributed by atoms with van der Waals surface area (Å²) < 4.78 is 2.78. The van der Waals surface area contributed by atoms with Crippen LogP contribution in [0.25, 0.3) is 5.82 Å². The van der Waals surface area contributed by atoms with Crippen molar-refractivity contribution >= 4 is 15.9 Å². The molecule has 0 saturated heterocycles. The van der Waals surface area contributed by atoms with Crippen molar-refractivity contribution in [2.75, 3.05) is 0 Å². The van der Waals surface area contributed by atoms with Crippen LogP contribution in [0.15, 0.2) is 22.8 Å². The van der Waals surface area contributed by atoms with Crippen LogP contribution < -0.4 is 5.73 Å². The van der Waals surface area contributed by atoms with Crippen molar-refractivity contribution in [1.29, 1.82) is 0 Å².